The molecule has 0 unspecified atom stereocenters. The van der Waals surface area contributed by atoms with Gasteiger partial charge >= 0.3 is 0 Å². The van der Waals surface area contributed by atoms with E-state index >= 15 is 52.7 Å². The molecule has 0 aliphatic carbocycles. The number of nitrogens with zero attached hydrogens (tertiary/aromatic N) is 2. The molecule has 4 nitrogen and oxygen atoms in total. The molecular weight excluding hydrogens is 1090 g/mol. The summed E-state index contributed by atoms with van der Waals surface area (Å²) in [7, 11) is 0. The van der Waals surface area contributed by atoms with Gasteiger partial charge in [-0.05, 0) is 0 Å². The van der Waals surface area contributed by atoms with E-state index in [1.54, 1.807) is 0 Å². The molecular formula is C56H28B2F18N4-2. The summed E-state index contributed by atoms with van der Waals surface area (Å²) in [6.45, 7) is 0. The van der Waals surface area contributed by atoms with E-state index in [4.69, 9.17) is 0 Å². The van der Waals surface area contributed by atoms with Crippen LogP contribution in [-0.4, -0.2) is 24.0 Å². The maximum Gasteiger partial charge on any atom is 0.203 e. The Morgan fingerprint density at radius 2 is 0.400 bits per heavy atom. The van der Waals surface area contributed by atoms with E-state index in [1.807, 2.05) is 0 Å². The number of hydrogen-bond acceptors (Lipinski definition) is 4. The molecule has 2 N–H and O–H groups in total. The van der Waals surface area contributed by atoms with Gasteiger partial charge in [0.15, 0.2) is 0 Å². The van der Waals surface area contributed by atoms with Crippen molar-refractivity contribution in [2.45, 2.75) is 0 Å². The Balaban J connectivity index is 1.30. The summed E-state index contributed by atoms with van der Waals surface area (Å²) >= 11 is 0. The zero-order valence-electron chi connectivity index (χ0n) is 39.9. The SMILES string of the molecule is Fc1cc(F)c([B-](N/N=C(\c2ccccc2)c2ccc(/C(=N/N[B-](c3c(F)cc(F)cc3F)(c3c(F)cc(F)cc3F)c3c(F)cc(F)cc3F)c3ccccc3)cc2)(c2c(F)cc(F)cc2F)c2c(F)cc(F)cc2F)c(F)c1. The van der Waals surface area contributed by atoms with Gasteiger partial charge in [-0.1, -0.05) is 84.9 Å². The van der Waals surface area contributed by atoms with Crippen LogP contribution in [0.4, 0.5) is 79.0 Å². The third kappa shape index (κ3) is 10.1. The molecule has 0 aromatic heterocycles. The van der Waals surface area contributed by atoms with Crippen molar-refractivity contribution in [2.24, 2.45) is 10.2 Å². The van der Waals surface area contributed by atoms with Gasteiger partial charge in [-0.2, -0.15) is 0 Å². The standard InChI is InChI=1S/C56H28B2F18N4/c59-31-15-37(65)49(38(66)16-31)57(50-39(67)17-32(60)18-40(50)68,51-41(69)19-33(61)20-42(51)70)79-77-55(27-7-3-1-4-8-27)29-11-13-30(14-12-29)56(28-9-5-2-6-10-28)78-80-58(52-43(71)21-34(62)22-44(52)72,53-45(73)23-35(63)24-46(53)74)54-47(75)25-36(64)26-48(54)76/h1-26,79-80H/q-2/b77-55+,78-56+. The molecule has 0 heterocycles. The van der Waals surface area contributed by atoms with Crippen LogP contribution in [0.15, 0.2) is 168 Å². The van der Waals surface area contributed by atoms with Crippen LogP contribution in [0.3, 0.4) is 0 Å². The molecule has 406 valence electrons. The lowest BCUT2D eigenvalue weighted by atomic mass is 9.24. The Morgan fingerprint density at radius 1 is 0.237 bits per heavy atom. The van der Waals surface area contributed by atoms with Crippen LogP contribution in [0.5, 0.6) is 0 Å². The second-order valence-corrected chi connectivity index (χ2v) is 17.9. The Hall–Kier alpha value is -9.21. The van der Waals surface area contributed by atoms with Crippen molar-refractivity contribution < 1.29 is 79.0 Å². The molecule has 0 amide bonds. The maximum absolute atomic E-state index is 16.3. The van der Waals surface area contributed by atoms with Crippen molar-refractivity contribution in [2.75, 3.05) is 0 Å². The lowest BCUT2D eigenvalue weighted by molar-refractivity contribution is 0.542. The smallest absolute Gasteiger partial charge is 0.203 e. The second-order valence-electron chi connectivity index (χ2n) is 17.9. The maximum atomic E-state index is 16.3. The molecule has 0 bridgehead atoms. The quantitative estimate of drug-likeness (QED) is 0.0494. The minimum Gasteiger partial charge on any atom is -0.465 e. The summed E-state index contributed by atoms with van der Waals surface area (Å²) in [6, 6.07) is 18.3. The first kappa shape index (κ1) is 55.5. The van der Waals surface area contributed by atoms with Gasteiger partial charge in [0.2, 0.25) is 12.6 Å². The molecule has 0 aliphatic heterocycles. The Kier molecular flexibility index (Phi) is 15.2. The predicted octanol–water partition coefficient (Wildman–Crippen LogP) is 10.2. The third-order valence-corrected chi connectivity index (χ3v) is 13.1. The summed E-state index contributed by atoms with van der Waals surface area (Å²) in [5.74, 6) is -34.2. The molecule has 0 aliphatic rings. The van der Waals surface area contributed by atoms with Crippen molar-refractivity contribution in [1.82, 2.24) is 10.7 Å². The van der Waals surface area contributed by atoms with Gasteiger partial charge in [0.05, 0.1) is 81.2 Å². The number of halogens is 18. The van der Waals surface area contributed by atoms with Crippen molar-refractivity contribution in [3.8, 4) is 0 Å². The Morgan fingerprint density at radius 3 is 0.575 bits per heavy atom. The molecule has 0 spiro atoms. The number of rotatable bonds is 14. The van der Waals surface area contributed by atoms with Gasteiger partial charge in [0, 0.05) is 95.1 Å². The van der Waals surface area contributed by atoms with Crippen LogP contribution in [0.25, 0.3) is 0 Å². The van der Waals surface area contributed by atoms with Gasteiger partial charge in [0.25, 0.3) is 0 Å². The van der Waals surface area contributed by atoms with Gasteiger partial charge in [-0.15, -0.1) is 32.8 Å². The van der Waals surface area contributed by atoms with E-state index in [-0.39, 0.29) is 95.1 Å². The van der Waals surface area contributed by atoms with E-state index in [1.165, 1.54) is 60.7 Å². The lowest BCUT2D eigenvalue weighted by Crippen LogP contribution is -2.79. The van der Waals surface area contributed by atoms with Crippen LogP contribution in [-0.2, 0) is 0 Å². The highest BCUT2D eigenvalue weighted by Gasteiger charge is 2.46. The van der Waals surface area contributed by atoms with Crippen molar-refractivity contribution >= 4 is 56.8 Å². The highest BCUT2D eigenvalue weighted by Crippen LogP contribution is 2.25. The van der Waals surface area contributed by atoms with Crippen LogP contribution in [0.1, 0.15) is 22.3 Å². The fourth-order valence-corrected chi connectivity index (χ4v) is 9.95. The van der Waals surface area contributed by atoms with Crippen molar-refractivity contribution in [1.29, 1.82) is 0 Å². The molecule has 0 atom stereocenters. The molecule has 80 heavy (non-hydrogen) atoms. The molecule has 0 fully saturated rings. The zero-order valence-corrected chi connectivity index (χ0v) is 39.9. The van der Waals surface area contributed by atoms with Gasteiger partial charge in [0.1, 0.15) is 34.9 Å². The average Bonchev–Trinajstić information content (AvgIpc) is 3.35. The van der Waals surface area contributed by atoms with E-state index in [0.29, 0.717) is 0 Å². The topological polar surface area (TPSA) is 48.8 Å². The minimum absolute atomic E-state index is 0.0150. The Labute approximate surface area is 440 Å². The first-order valence-electron chi connectivity index (χ1n) is 23.2. The minimum atomic E-state index is -4.93. The van der Waals surface area contributed by atoms with Crippen LogP contribution >= 0.6 is 0 Å². The third-order valence-electron chi connectivity index (χ3n) is 13.1. The number of benzene rings is 9. The molecule has 0 saturated carbocycles. The average molecular weight is 1120 g/mol. The van der Waals surface area contributed by atoms with Crippen molar-refractivity contribution in [3.63, 3.8) is 0 Å². The van der Waals surface area contributed by atoms with Crippen LogP contribution in [0.2, 0.25) is 0 Å². The van der Waals surface area contributed by atoms with Crippen LogP contribution in [0, 0.1) is 105 Å². The first-order valence-corrected chi connectivity index (χ1v) is 23.2. The molecule has 0 saturated heterocycles. The molecule has 0 radical (unpaired) electrons. The Bertz CT molecular complexity index is 3290. The number of hydrazone groups is 2. The monoisotopic (exact) mass is 1120 g/mol. The fraction of sp³-hybridized carbons (Fsp3) is 0. The summed E-state index contributed by atoms with van der Waals surface area (Å²) in [6.07, 6.45) is -9.86. The lowest BCUT2D eigenvalue weighted by Gasteiger charge is -2.43. The summed E-state index contributed by atoms with van der Waals surface area (Å²) in [5, 5.41) is 12.7. The molecule has 9 aromatic rings. The highest BCUT2D eigenvalue weighted by molar-refractivity contribution is 7.10. The second kappa shape index (κ2) is 21.9. The van der Waals surface area contributed by atoms with Crippen molar-refractivity contribution in [3.05, 3.63) is 285 Å². The summed E-state index contributed by atoms with van der Waals surface area (Å²) in [5.41, 5.74) is -11.4. The van der Waals surface area contributed by atoms with E-state index in [9.17, 15) is 26.3 Å². The van der Waals surface area contributed by atoms with Gasteiger partial charge in [-0.3, -0.25) is 0 Å². The van der Waals surface area contributed by atoms with Gasteiger partial charge < -0.3 is 10.7 Å². The molecule has 24 heteroatoms. The summed E-state index contributed by atoms with van der Waals surface area (Å²) in [4.78, 5) is 0. The first-order chi connectivity index (χ1) is 38.0. The van der Waals surface area contributed by atoms with Crippen LogP contribution < -0.4 is 43.5 Å². The van der Waals surface area contributed by atoms with E-state index in [2.05, 4.69) is 20.9 Å². The normalized spacial score (nSPS) is 12.3. The fourth-order valence-electron chi connectivity index (χ4n) is 9.95. The predicted molar refractivity (Wildman–Crippen MR) is 264 cm³/mol. The zero-order chi connectivity index (χ0) is 57.5. The van der Waals surface area contributed by atoms with E-state index < -0.39 is 161 Å². The van der Waals surface area contributed by atoms with Gasteiger partial charge in [-0.25, -0.2) is 89.2 Å². The molecule has 9 rings (SSSR count). The van der Waals surface area contributed by atoms with E-state index in [0.717, 1.165) is 24.3 Å². The number of hydrogen-bond donors (Lipinski definition) is 2. The highest BCUT2D eigenvalue weighted by atomic mass is 19.2. The molecule has 9 aromatic carbocycles. The largest absolute Gasteiger partial charge is 0.465 e. The number of nitrogens with one attached hydrogen (secondary N) is 2. The summed E-state index contributed by atoms with van der Waals surface area (Å²) < 4.78 is 283.